The van der Waals surface area contributed by atoms with Crippen LogP contribution in [0, 0.1) is 6.92 Å². The molecule has 28 heavy (non-hydrogen) atoms. The summed E-state index contributed by atoms with van der Waals surface area (Å²) in [5.41, 5.74) is 2.76. The normalized spacial score (nSPS) is 12.2. The van der Waals surface area contributed by atoms with Gasteiger partial charge in [0.2, 0.25) is 5.91 Å². The van der Waals surface area contributed by atoms with Gasteiger partial charge in [0.25, 0.3) is 0 Å². The standard InChI is InChI=1S/C21H28N4O3/c1-5-22-21(23-13-20(27)25-16-7-9-17(26)10-8-16)24-15(3)18-12-14(2)6-11-19(18)28-4/h6-12,15,26H,5,13H2,1-4H3,(H,25,27)(H2,22,23,24). The van der Waals surface area contributed by atoms with E-state index in [1.165, 1.54) is 12.1 Å². The Kier molecular flexibility index (Phi) is 7.68. The van der Waals surface area contributed by atoms with Crippen LogP contribution in [0.25, 0.3) is 0 Å². The minimum absolute atomic E-state index is 0.0338. The molecule has 7 nitrogen and oxygen atoms in total. The number of aryl methyl sites for hydroxylation is 1. The van der Waals surface area contributed by atoms with Crippen LogP contribution in [-0.2, 0) is 4.79 Å². The first-order valence-electron chi connectivity index (χ1n) is 9.21. The smallest absolute Gasteiger partial charge is 0.246 e. The number of rotatable bonds is 7. The monoisotopic (exact) mass is 384 g/mol. The van der Waals surface area contributed by atoms with Crippen LogP contribution in [0.1, 0.15) is 31.0 Å². The molecule has 0 fully saturated rings. The number of amides is 1. The van der Waals surface area contributed by atoms with Crippen molar-refractivity contribution in [2.75, 3.05) is 25.5 Å². The van der Waals surface area contributed by atoms with Gasteiger partial charge in [-0.15, -0.1) is 0 Å². The molecule has 0 saturated heterocycles. The maximum Gasteiger partial charge on any atom is 0.246 e. The molecule has 0 saturated carbocycles. The number of anilines is 1. The van der Waals surface area contributed by atoms with Gasteiger partial charge < -0.3 is 25.8 Å². The number of nitrogens with one attached hydrogen (secondary N) is 3. The molecule has 0 radical (unpaired) electrons. The number of phenols is 1. The van der Waals surface area contributed by atoms with E-state index in [1.807, 2.05) is 32.9 Å². The van der Waals surface area contributed by atoms with E-state index in [9.17, 15) is 9.90 Å². The molecular weight excluding hydrogens is 356 g/mol. The molecule has 0 heterocycles. The van der Waals surface area contributed by atoms with Crippen LogP contribution in [0.15, 0.2) is 47.5 Å². The van der Waals surface area contributed by atoms with Gasteiger partial charge in [-0.25, -0.2) is 4.99 Å². The molecule has 2 rings (SSSR count). The maximum atomic E-state index is 12.2. The minimum atomic E-state index is -0.247. The lowest BCUT2D eigenvalue weighted by atomic mass is 10.0. The van der Waals surface area contributed by atoms with Crippen LogP contribution in [0.3, 0.4) is 0 Å². The summed E-state index contributed by atoms with van der Waals surface area (Å²) in [6, 6.07) is 12.2. The van der Waals surface area contributed by atoms with E-state index in [-0.39, 0.29) is 24.2 Å². The molecule has 1 amide bonds. The molecule has 0 aliphatic heterocycles. The Morgan fingerprint density at radius 3 is 2.57 bits per heavy atom. The number of carbonyl (C=O) groups excluding carboxylic acids is 1. The number of hydrogen-bond donors (Lipinski definition) is 4. The van der Waals surface area contributed by atoms with Crippen LogP contribution in [0.2, 0.25) is 0 Å². The van der Waals surface area contributed by atoms with E-state index in [0.29, 0.717) is 18.2 Å². The second kappa shape index (κ2) is 10.2. The van der Waals surface area contributed by atoms with Crippen LogP contribution in [-0.4, -0.2) is 37.2 Å². The third kappa shape index (κ3) is 6.19. The van der Waals surface area contributed by atoms with Crippen molar-refractivity contribution >= 4 is 17.6 Å². The zero-order chi connectivity index (χ0) is 20.5. The fourth-order valence-electron chi connectivity index (χ4n) is 2.69. The number of methoxy groups -OCH3 is 1. The average Bonchev–Trinajstić information content (AvgIpc) is 2.68. The first kappa shape index (κ1) is 21.1. The van der Waals surface area contributed by atoms with Gasteiger partial charge in [0, 0.05) is 17.8 Å². The predicted molar refractivity (Wildman–Crippen MR) is 112 cm³/mol. The van der Waals surface area contributed by atoms with Crippen molar-refractivity contribution in [3.8, 4) is 11.5 Å². The minimum Gasteiger partial charge on any atom is -0.508 e. The van der Waals surface area contributed by atoms with E-state index in [0.717, 1.165) is 16.9 Å². The first-order chi connectivity index (χ1) is 13.4. The molecule has 150 valence electrons. The highest BCUT2D eigenvalue weighted by Crippen LogP contribution is 2.25. The number of carbonyl (C=O) groups is 1. The Labute approximate surface area is 165 Å². The molecule has 0 spiro atoms. The van der Waals surface area contributed by atoms with E-state index in [2.05, 4.69) is 27.0 Å². The largest absolute Gasteiger partial charge is 0.508 e. The van der Waals surface area contributed by atoms with Gasteiger partial charge in [0.15, 0.2) is 5.96 Å². The summed E-state index contributed by atoms with van der Waals surface area (Å²) in [6.07, 6.45) is 0. The van der Waals surface area contributed by atoms with Crippen molar-refractivity contribution in [3.63, 3.8) is 0 Å². The van der Waals surface area contributed by atoms with Crippen molar-refractivity contribution in [3.05, 3.63) is 53.6 Å². The third-order valence-corrected chi connectivity index (χ3v) is 4.08. The number of nitrogens with zero attached hydrogens (tertiary/aromatic N) is 1. The summed E-state index contributed by atoms with van der Waals surface area (Å²) in [5.74, 6) is 1.24. The van der Waals surface area contributed by atoms with Crippen molar-refractivity contribution in [2.24, 2.45) is 4.99 Å². The number of ether oxygens (including phenoxy) is 1. The van der Waals surface area contributed by atoms with Crippen molar-refractivity contribution in [1.82, 2.24) is 10.6 Å². The van der Waals surface area contributed by atoms with Gasteiger partial charge in [-0.1, -0.05) is 17.7 Å². The molecule has 1 unspecified atom stereocenters. The van der Waals surface area contributed by atoms with E-state index < -0.39 is 0 Å². The summed E-state index contributed by atoms with van der Waals surface area (Å²) in [6.45, 7) is 6.64. The lowest BCUT2D eigenvalue weighted by Gasteiger charge is -2.20. The Morgan fingerprint density at radius 1 is 1.21 bits per heavy atom. The van der Waals surface area contributed by atoms with Crippen molar-refractivity contribution in [1.29, 1.82) is 0 Å². The van der Waals surface area contributed by atoms with E-state index in [4.69, 9.17) is 4.74 Å². The number of aliphatic imine (C=N–C) groups is 1. The number of hydrogen-bond acceptors (Lipinski definition) is 4. The van der Waals surface area contributed by atoms with Crippen LogP contribution in [0.4, 0.5) is 5.69 Å². The average molecular weight is 384 g/mol. The van der Waals surface area contributed by atoms with Gasteiger partial charge >= 0.3 is 0 Å². The Bertz CT molecular complexity index is 819. The fourth-order valence-corrected chi connectivity index (χ4v) is 2.69. The quantitative estimate of drug-likeness (QED) is 0.334. The summed E-state index contributed by atoms with van der Waals surface area (Å²) in [4.78, 5) is 16.5. The van der Waals surface area contributed by atoms with Crippen LogP contribution >= 0.6 is 0 Å². The summed E-state index contributed by atoms with van der Waals surface area (Å²) >= 11 is 0. The topological polar surface area (TPSA) is 95.0 Å². The summed E-state index contributed by atoms with van der Waals surface area (Å²) in [5, 5.41) is 18.5. The third-order valence-electron chi connectivity index (χ3n) is 4.08. The fraction of sp³-hybridized carbons (Fsp3) is 0.333. The van der Waals surface area contributed by atoms with Gasteiger partial charge in [-0.05, 0) is 51.1 Å². The van der Waals surface area contributed by atoms with Gasteiger partial charge in [-0.3, -0.25) is 4.79 Å². The molecule has 1 atom stereocenters. The van der Waals surface area contributed by atoms with Gasteiger partial charge in [0.05, 0.1) is 13.2 Å². The lowest BCUT2D eigenvalue weighted by molar-refractivity contribution is -0.114. The molecule has 2 aromatic carbocycles. The van der Waals surface area contributed by atoms with Crippen molar-refractivity contribution in [2.45, 2.75) is 26.8 Å². The molecule has 0 aliphatic carbocycles. The summed E-state index contributed by atoms with van der Waals surface area (Å²) in [7, 11) is 1.65. The SMILES string of the molecule is CCNC(=NCC(=O)Nc1ccc(O)cc1)NC(C)c1cc(C)ccc1OC. The maximum absolute atomic E-state index is 12.2. The Balaban J connectivity index is 2.04. The number of phenolic OH excluding ortho intramolecular Hbond substituents is 1. The lowest BCUT2D eigenvalue weighted by Crippen LogP contribution is -2.39. The second-order valence-corrected chi connectivity index (χ2v) is 6.40. The highest BCUT2D eigenvalue weighted by atomic mass is 16.5. The molecule has 0 aliphatic rings. The van der Waals surface area contributed by atoms with Gasteiger partial charge in [-0.2, -0.15) is 0 Å². The van der Waals surface area contributed by atoms with Crippen molar-refractivity contribution < 1.29 is 14.6 Å². The zero-order valence-corrected chi connectivity index (χ0v) is 16.7. The number of benzene rings is 2. The molecule has 2 aromatic rings. The second-order valence-electron chi connectivity index (χ2n) is 6.40. The molecule has 0 bridgehead atoms. The van der Waals surface area contributed by atoms with E-state index >= 15 is 0 Å². The molecule has 0 aromatic heterocycles. The molecule has 4 N–H and O–H groups in total. The van der Waals surface area contributed by atoms with Crippen LogP contribution < -0.4 is 20.7 Å². The van der Waals surface area contributed by atoms with E-state index in [1.54, 1.807) is 19.2 Å². The highest BCUT2D eigenvalue weighted by Gasteiger charge is 2.13. The predicted octanol–water partition coefficient (Wildman–Crippen LogP) is 2.96. The number of guanidine groups is 1. The first-order valence-corrected chi connectivity index (χ1v) is 9.21. The highest BCUT2D eigenvalue weighted by molar-refractivity contribution is 5.94. The zero-order valence-electron chi connectivity index (χ0n) is 16.7. The Morgan fingerprint density at radius 2 is 1.93 bits per heavy atom. The summed E-state index contributed by atoms with van der Waals surface area (Å²) < 4.78 is 5.45. The van der Waals surface area contributed by atoms with Gasteiger partial charge in [0.1, 0.15) is 18.0 Å². The molecule has 7 heteroatoms. The number of aromatic hydroxyl groups is 1. The molecular formula is C21H28N4O3. The Hall–Kier alpha value is -3.22. The van der Waals surface area contributed by atoms with Crippen LogP contribution in [0.5, 0.6) is 11.5 Å².